The van der Waals surface area contributed by atoms with E-state index in [1.165, 1.54) is 0 Å². The van der Waals surface area contributed by atoms with Crippen LogP contribution in [0.3, 0.4) is 0 Å². The third-order valence-corrected chi connectivity index (χ3v) is 3.06. The molecule has 2 aromatic rings. The molecule has 0 saturated heterocycles. The maximum absolute atomic E-state index is 11.2. The van der Waals surface area contributed by atoms with Gasteiger partial charge in [0, 0.05) is 19.8 Å². The summed E-state index contributed by atoms with van der Waals surface area (Å²) in [5.41, 5.74) is 3.34. The minimum absolute atomic E-state index is 0.637. The molecule has 0 fully saturated rings. The third kappa shape index (κ3) is 2.65. The lowest BCUT2D eigenvalue weighted by Gasteiger charge is -2.19. The van der Waals surface area contributed by atoms with Crippen LogP contribution in [-0.2, 0) is 13.6 Å². The van der Waals surface area contributed by atoms with Crippen LogP contribution < -0.4 is 4.90 Å². The average molecular weight is 258 g/mol. The molecule has 5 heteroatoms. The molecule has 19 heavy (non-hydrogen) atoms. The summed E-state index contributed by atoms with van der Waals surface area (Å²) in [5.74, 6) is 0.816. The molecule has 100 valence electrons. The lowest BCUT2D eigenvalue weighted by molar-refractivity contribution is 0.112. The van der Waals surface area contributed by atoms with E-state index in [9.17, 15) is 4.79 Å². The summed E-state index contributed by atoms with van der Waals surface area (Å²) in [6, 6.07) is 5.93. The Morgan fingerprint density at radius 2 is 2.11 bits per heavy atom. The van der Waals surface area contributed by atoms with E-state index in [0.29, 0.717) is 12.1 Å². The van der Waals surface area contributed by atoms with E-state index in [2.05, 4.69) is 10.1 Å². The third-order valence-electron chi connectivity index (χ3n) is 3.06. The van der Waals surface area contributed by atoms with Crippen molar-refractivity contribution in [1.29, 1.82) is 0 Å². The molecule has 2 aromatic heterocycles. The largest absolute Gasteiger partial charge is 0.353 e. The molecule has 0 aliphatic rings. The normalized spacial score (nSPS) is 10.5. The molecule has 5 nitrogen and oxygen atoms in total. The van der Waals surface area contributed by atoms with Crippen LogP contribution in [0.2, 0.25) is 0 Å². The van der Waals surface area contributed by atoms with Crippen molar-refractivity contribution < 1.29 is 4.79 Å². The Kier molecular flexibility index (Phi) is 3.64. The van der Waals surface area contributed by atoms with Gasteiger partial charge in [-0.15, -0.1) is 0 Å². The number of aromatic nitrogens is 3. The summed E-state index contributed by atoms with van der Waals surface area (Å²) in [4.78, 5) is 17.6. The molecule has 0 aromatic carbocycles. The highest BCUT2D eigenvalue weighted by Crippen LogP contribution is 2.21. The number of aldehydes is 1. The van der Waals surface area contributed by atoms with Crippen molar-refractivity contribution in [2.45, 2.75) is 20.4 Å². The Labute approximate surface area is 112 Å². The topological polar surface area (TPSA) is 51.0 Å². The van der Waals surface area contributed by atoms with Crippen molar-refractivity contribution in [2.75, 3.05) is 11.9 Å². The first-order valence-electron chi connectivity index (χ1n) is 6.15. The van der Waals surface area contributed by atoms with Gasteiger partial charge in [0.05, 0.1) is 23.5 Å². The van der Waals surface area contributed by atoms with Crippen LogP contribution in [0.15, 0.2) is 18.2 Å². The Morgan fingerprint density at radius 1 is 1.37 bits per heavy atom. The number of hydrogen-bond donors (Lipinski definition) is 0. The molecular formula is C14H18N4O. The summed E-state index contributed by atoms with van der Waals surface area (Å²) in [6.07, 6.45) is 0.859. The van der Waals surface area contributed by atoms with E-state index >= 15 is 0 Å². The zero-order valence-electron chi connectivity index (χ0n) is 11.7. The second-order valence-corrected chi connectivity index (χ2v) is 4.69. The average Bonchev–Trinajstić information content (AvgIpc) is 2.63. The Morgan fingerprint density at radius 3 is 2.74 bits per heavy atom. The fourth-order valence-corrected chi connectivity index (χ4v) is 2.26. The van der Waals surface area contributed by atoms with Crippen molar-refractivity contribution in [2.24, 2.45) is 7.05 Å². The van der Waals surface area contributed by atoms with Crippen LogP contribution in [0.1, 0.15) is 27.4 Å². The van der Waals surface area contributed by atoms with Gasteiger partial charge in [-0.1, -0.05) is 6.07 Å². The van der Waals surface area contributed by atoms with Gasteiger partial charge in [-0.3, -0.25) is 14.5 Å². The SMILES string of the molecule is Cc1cccc(CN(C)c2c(C=O)c(C)nn2C)n1. The molecule has 2 rings (SSSR count). The van der Waals surface area contributed by atoms with Crippen LogP contribution in [0, 0.1) is 13.8 Å². The van der Waals surface area contributed by atoms with Crippen molar-refractivity contribution >= 4 is 12.1 Å². The van der Waals surface area contributed by atoms with Gasteiger partial charge in [0.25, 0.3) is 0 Å². The number of carbonyl (C=O) groups is 1. The molecule has 0 unspecified atom stereocenters. The minimum atomic E-state index is 0.637. The van der Waals surface area contributed by atoms with Gasteiger partial charge in [-0.05, 0) is 26.0 Å². The van der Waals surface area contributed by atoms with E-state index in [1.54, 1.807) is 4.68 Å². The van der Waals surface area contributed by atoms with Gasteiger partial charge in [0.1, 0.15) is 5.82 Å². The molecule has 0 spiro atoms. The molecule has 2 heterocycles. The smallest absolute Gasteiger partial charge is 0.155 e. The first-order valence-corrected chi connectivity index (χ1v) is 6.15. The number of hydrogen-bond acceptors (Lipinski definition) is 4. The highest BCUT2D eigenvalue weighted by molar-refractivity contribution is 5.84. The van der Waals surface area contributed by atoms with Gasteiger partial charge in [-0.2, -0.15) is 5.10 Å². The number of pyridine rings is 1. The maximum atomic E-state index is 11.2. The summed E-state index contributed by atoms with van der Waals surface area (Å²) in [7, 11) is 3.78. The molecule has 0 aliphatic heterocycles. The summed E-state index contributed by atoms with van der Waals surface area (Å²) >= 11 is 0. The number of carbonyl (C=O) groups excluding carboxylic acids is 1. The van der Waals surface area contributed by atoms with E-state index < -0.39 is 0 Å². The molecule has 0 saturated carbocycles. The predicted molar refractivity (Wildman–Crippen MR) is 74.4 cm³/mol. The molecule has 0 N–H and O–H groups in total. The molecule has 0 radical (unpaired) electrons. The number of aryl methyl sites for hydroxylation is 3. The zero-order chi connectivity index (χ0) is 14.0. The zero-order valence-corrected chi connectivity index (χ0v) is 11.7. The standard InChI is InChI=1S/C14H18N4O/c1-10-6-5-7-12(15-10)8-17(3)14-13(9-19)11(2)16-18(14)4/h5-7,9H,8H2,1-4H3. The van der Waals surface area contributed by atoms with Crippen molar-refractivity contribution in [3.05, 3.63) is 40.8 Å². The summed E-state index contributed by atoms with van der Waals surface area (Å²) in [6.45, 7) is 4.45. The van der Waals surface area contributed by atoms with Gasteiger partial charge in [-0.25, -0.2) is 0 Å². The first-order chi connectivity index (χ1) is 9.02. The Balaban J connectivity index is 2.30. The fourth-order valence-electron chi connectivity index (χ4n) is 2.26. The monoisotopic (exact) mass is 258 g/mol. The lowest BCUT2D eigenvalue weighted by Crippen LogP contribution is -2.21. The molecule has 0 atom stereocenters. The van der Waals surface area contributed by atoms with Crippen LogP contribution in [0.5, 0.6) is 0 Å². The van der Waals surface area contributed by atoms with Gasteiger partial charge in [0.15, 0.2) is 6.29 Å². The Bertz CT molecular complexity index is 603. The van der Waals surface area contributed by atoms with E-state index in [-0.39, 0.29) is 0 Å². The van der Waals surface area contributed by atoms with Crippen LogP contribution in [0.25, 0.3) is 0 Å². The van der Waals surface area contributed by atoms with Crippen LogP contribution in [0.4, 0.5) is 5.82 Å². The van der Waals surface area contributed by atoms with Gasteiger partial charge >= 0.3 is 0 Å². The maximum Gasteiger partial charge on any atom is 0.155 e. The van der Waals surface area contributed by atoms with Gasteiger partial charge < -0.3 is 4.90 Å². The molecule has 0 amide bonds. The summed E-state index contributed by atoms with van der Waals surface area (Å²) < 4.78 is 1.73. The number of rotatable bonds is 4. The molecule has 0 aliphatic carbocycles. The number of anilines is 1. The summed E-state index contributed by atoms with van der Waals surface area (Å²) in [5, 5.41) is 4.29. The van der Waals surface area contributed by atoms with Crippen molar-refractivity contribution in [1.82, 2.24) is 14.8 Å². The van der Waals surface area contributed by atoms with Gasteiger partial charge in [0.2, 0.25) is 0 Å². The quantitative estimate of drug-likeness (QED) is 0.786. The first kappa shape index (κ1) is 13.3. The van der Waals surface area contributed by atoms with E-state index in [4.69, 9.17) is 0 Å². The van der Waals surface area contributed by atoms with Crippen molar-refractivity contribution in [3.63, 3.8) is 0 Å². The molecular weight excluding hydrogens is 240 g/mol. The van der Waals surface area contributed by atoms with E-state index in [1.807, 2.05) is 51.0 Å². The predicted octanol–water partition coefficient (Wildman–Crippen LogP) is 1.88. The fraction of sp³-hybridized carbons (Fsp3) is 0.357. The molecule has 0 bridgehead atoms. The lowest BCUT2D eigenvalue weighted by atomic mass is 10.2. The number of nitrogens with zero attached hydrogens (tertiary/aromatic N) is 4. The van der Waals surface area contributed by atoms with Crippen molar-refractivity contribution in [3.8, 4) is 0 Å². The van der Waals surface area contributed by atoms with Crippen LogP contribution >= 0.6 is 0 Å². The van der Waals surface area contributed by atoms with Crippen LogP contribution in [-0.4, -0.2) is 28.1 Å². The Hall–Kier alpha value is -2.17. The second-order valence-electron chi connectivity index (χ2n) is 4.69. The second kappa shape index (κ2) is 5.22. The van der Waals surface area contributed by atoms with E-state index in [0.717, 1.165) is 29.2 Å². The highest BCUT2D eigenvalue weighted by Gasteiger charge is 2.16. The highest BCUT2D eigenvalue weighted by atomic mass is 16.1. The minimum Gasteiger partial charge on any atom is -0.353 e.